The summed E-state index contributed by atoms with van der Waals surface area (Å²) in [5.74, 6) is 1.53. The van der Waals surface area contributed by atoms with Gasteiger partial charge >= 0.3 is 0 Å². The molecule has 23 heavy (non-hydrogen) atoms. The van der Waals surface area contributed by atoms with Crippen LogP contribution in [0.4, 0.5) is 0 Å². The molecule has 1 aliphatic heterocycles. The minimum atomic E-state index is -0.814. The maximum Gasteiger partial charge on any atom is 0.200 e. The maximum atomic E-state index is 6.45. The molecule has 2 rings (SSSR count). The lowest BCUT2D eigenvalue weighted by Gasteiger charge is -2.50. The van der Waals surface area contributed by atoms with Crippen LogP contribution in [0.2, 0.25) is 0 Å². The van der Waals surface area contributed by atoms with Crippen molar-refractivity contribution < 1.29 is 28.1 Å². The van der Waals surface area contributed by atoms with Crippen molar-refractivity contribution in [1.29, 1.82) is 0 Å². The highest BCUT2D eigenvalue weighted by Crippen LogP contribution is 2.49. The van der Waals surface area contributed by atoms with Gasteiger partial charge in [0.05, 0.1) is 12.9 Å². The third-order valence-electron chi connectivity index (χ3n) is 4.04. The van der Waals surface area contributed by atoms with Gasteiger partial charge in [-0.25, -0.2) is 0 Å². The largest absolute Gasteiger partial charge is 0.465 e. The molecule has 0 radical (unpaired) electrons. The Morgan fingerprint density at radius 1 is 1.13 bits per heavy atom. The topological polar surface area (TPSA) is 59.3 Å². The summed E-state index contributed by atoms with van der Waals surface area (Å²) in [6, 6.07) is 3.75. The van der Waals surface area contributed by atoms with Crippen LogP contribution in [0.3, 0.4) is 0 Å². The van der Waals surface area contributed by atoms with Gasteiger partial charge in [0.2, 0.25) is 4.93 Å². The average molecular weight is 346 g/mol. The molecule has 1 fully saturated rings. The third-order valence-corrected chi connectivity index (χ3v) is 5.29. The van der Waals surface area contributed by atoms with Crippen molar-refractivity contribution in [3.63, 3.8) is 0 Å². The molecule has 0 N–H and O–H groups in total. The lowest BCUT2D eigenvalue weighted by Crippen LogP contribution is -2.64. The van der Waals surface area contributed by atoms with Crippen LogP contribution in [0.15, 0.2) is 22.8 Å². The number of hydrogen-bond acceptors (Lipinski definition) is 7. The van der Waals surface area contributed by atoms with Crippen LogP contribution >= 0.6 is 11.8 Å². The fourth-order valence-corrected chi connectivity index (χ4v) is 4.44. The monoisotopic (exact) mass is 346 g/mol. The molecule has 1 aromatic heterocycles. The van der Waals surface area contributed by atoms with Gasteiger partial charge in [-0.2, -0.15) is 0 Å². The molecule has 7 heteroatoms. The maximum absolute atomic E-state index is 6.45. The van der Waals surface area contributed by atoms with Crippen LogP contribution in [0.25, 0.3) is 0 Å². The Balaban J connectivity index is 2.49. The minimum absolute atomic E-state index is 0.300. The number of methoxy groups -OCH3 is 4. The van der Waals surface area contributed by atoms with E-state index in [-0.39, 0.29) is 24.4 Å². The van der Waals surface area contributed by atoms with Gasteiger partial charge in [-0.05, 0) is 17.9 Å². The van der Waals surface area contributed by atoms with Crippen molar-refractivity contribution >= 4 is 11.8 Å². The SMILES string of the molecule is CCS[C@@]1(c2ccco2)O[C@H](COC)[C@@H](OC)[C@H](OC)[C@@H]1OC. The molecule has 5 atom stereocenters. The molecule has 1 aromatic rings. The summed E-state index contributed by atoms with van der Waals surface area (Å²) >= 11 is 1.62. The number of hydrogen-bond donors (Lipinski definition) is 0. The van der Waals surface area contributed by atoms with Gasteiger partial charge in [0.1, 0.15) is 30.2 Å². The Morgan fingerprint density at radius 2 is 1.87 bits per heavy atom. The number of rotatable bonds is 8. The van der Waals surface area contributed by atoms with Crippen LogP contribution in [0.5, 0.6) is 0 Å². The first-order chi connectivity index (χ1) is 11.2. The van der Waals surface area contributed by atoms with Crippen molar-refractivity contribution in [2.24, 2.45) is 0 Å². The second-order valence-electron chi connectivity index (χ2n) is 5.25. The molecule has 0 unspecified atom stereocenters. The third kappa shape index (κ3) is 3.45. The van der Waals surface area contributed by atoms with E-state index in [0.29, 0.717) is 12.4 Å². The summed E-state index contributed by atoms with van der Waals surface area (Å²) in [6.07, 6.45) is 0.333. The summed E-state index contributed by atoms with van der Waals surface area (Å²) in [7, 11) is 6.59. The Hall–Kier alpha value is -0.570. The summed E-state index contributed by atoms with van der Waals surface area (Å²) in [6.45, 7) is 2.46. The fourth-order valence-electron chi connectivity index (χ4n) is 3.16. The Morgan fingerprint density at radius 3 is 2.35 bits per heavy atom. The highest BCUT2D eigenvalue weighted by Gasteiger charge is 2.58. The van der Waals surface area contributed by atoms with Gasteiger partial charge in [-0.1, -0.05) is 6.92 Å². The van der Waals surface area contributed by atoms with E-state index in [2.05, 4.69) is 6.92 Å². The van der Waals surface area contributed by atoms with Crippen LogP contribution in [-0.4, -0.2) is 65.2 Å². The molecule has 2 heterocycles. The lowest BCUT2D eigenvalue weighted by molar-refractivity contribution is -0.268. The highest BCUT2D eigenvalue weighted by atomic mass is 32.2. The predicted octanol–water partition coefficient (Wildman–Crippen LogP) is 2.28. The zero-order valence-electron chi connectivity index (χ0n) is 14.3. The van der Waals surface area contributed by atoms with Crippen LogP contribution in [0, 0.1) is 0 Å². The summed E-state index contributed by atoms with van der Waals surface area (Å²) in [5.41, 5.74) is 0. The van der Waals surface area contributed by atoms with Crippen molar-refractivity contribution in [3.8, 4) is 0 Å². The Labute approximate surface area is 141 Å². The molecule has 0 spiro atoms. The molecular formula is C16H26O6S. The van der Waals surface area contributed by atoms with Gasteiger partial charge in [0.15, 0.2) is 0 Å². The summed E-state index contributed by atoms with van der Waals surface area (Å²) in [5, 5.41) is 0. The zero-order chi connectivity index (χ0) is 16.9. The van der Waals surface area contributed by atoms with Gasteiger partial charge < -0.3 is 28.1 Å². The smallest absolute Gasteiger partial charge is 0.200 e. The standard InChI is InChI=1S/C16H26O6S/c1-6-23-16(12-8-7-9-21-12)15(20-5)14(19-4)13(18-3)11(22-16)10-17-2/h7-9,11,13-15H,6,10H2,1-5H3/t11-,13-,14+,15+,16-/m1/s1. The first kappa shape index (κ1) is 18.8. The highest BCUT2D eigenvalue weighted by molar-refractivity contribution is 8.00. The summed E-state index contributed by atoms with van der Waals surface area (Å²) < 4.78 is 34.6. The molecule has 1 aliphatic rings. The fraction of sp³-hybridized carbons (Fsp3) is 0.750. The van der Waals surface area contributed by atoms with Crippen LogP contribution in [0.1, 0.15) is 12.7 Å². The predicted molar refractivity (Wildman–Crippen MR) is 87.7 cm³/mol. The number of thioether (sulfide) groups is 1. The second kappa shape index (κ2) is 8.50. The molecule has 0 bridgehead atoms. The number of ether oxygens (including phenoxy) is 5. The van der Waals surface area contributed by atoms with Crippen molar-refractivity contribution in [1.82, 2.24) is 0 Å². The van der Waals surface area contributed by atoms with Crippen LogP contribution in [-0.2, 0) is 28.6 Å². The van der Waals surface area contributed by atoms with E-state index in [9.17, 15) is 0 Å². The first-order valence-corrected chi connectivity index (χ1v) is 8.60. The second-order valence-corrected chi connectivity index (χ2v) is 6.72. The minimum Gasteiger partial charge on any atom is -0.465 e. The lowest BCUT2D eigenvalue weighted by atomic mass is 9.92. The van der Waals surface area contributed by atoms with E-state index in [0.717, 1.165) is 5.75 Å². The zero-order valence-corrected chi connectivity index (χ0v) is 15.1. The van der Waals surface area contributed by atoms with E-state index >= 15 is 0 Å². The normalized spacial score (nSPS) is 34.7. The molecule has 1 saturated heterocycles. The van der Waals surface area contributed by atoms with Crippen LogP contribution < -0.4 is 0 Å². The first-order valence-electron chi connectivity index (χ1n) is 7.61. The van der Waals surface area contributed by atoms with Gasteiger partial charge in [0, 0.05) is 28.4 Å². The van der Waals surface area contributed by atoms with E-state index in [1.165, 1.54) is 0 Å². The molecule has 0 aromatic carbocycles. The molecular weight excluding hydrogens is 320 g/mol. The van der Waals surface area contributed by atoms with E-state index in [1.807, 2.05) is 12.1 Å². The Bertz CT molecular complexity index is 453. The molecule has 132 valence electrons. The average Bonchev–Trinajstić information content (AvgIpc) is 3.09. The van der Waals surface area contributed by atoms with E-state index in [1.54, 1.807) is 46.5 Å². The molecule has 0 aliphatic carbocycles. The Kier molecular flexibility index (Phi) is 6.94. The molecule has 0 amide bonds. The van der Waals surface area contributed by atoms with Gasteiger partial charge in [-0.3, -0.25) is 0 Å². The van der Waals surface area contributed by atoms with Gasteiger partial charge in [0.25, 0.3) is 0 Å². The van der Waals surface area contributed by atoms with E-state index in [4.69, 9.17) is 28.1 Å². The van der Waals surface area contributed by atoms with Crippen molar-refractivity contribution in [3.05, 3.63) is 24.2 Å². The van der Waals surface area contributed by atoms with Crippen molar-refractivity contribution in [2.45, 2.75) is 36.3 Å². The summed E-state index contributed by atoms with van der Waals surface area (Å²) in [4.78, 5) is -0.814. The molecule has 6 nitrogen and oxygen atoms in total. The molecule has 0 saturated carbocycles. The number of furan rings is 1. The quantitative estimate of drug-likeness (QED) is 0.715. The van der Waals surface area contributed by atoms with E-state index < -0.39 is 4.93 Å². The van der Waals surface area contributed by atoms with Gasteiger partial charge in [-0.15, -0.1) is 11.8 Å². The van der Waals surface area contributed by atoms with Crippen molar-refractivity contribution in [2.75, 3.05) is 40.8 Å².